The van der Waals surface area contributed by atoms with Crippen molar-refractivity contribution in [1.82, 2.24) is 10.2 Å². The van der Waals surface area contributed by atoms with E-state index in [2.05, 4.69) is 23.4 Å². The van der Waals surface area contributed by atoms with Crippen LogP contribution in [0.1, 0.15) is 0 Å². The summed E-state index contributed by atoms with van der Waals surface area (Å²) in [6, 6.07) is 5.20. The molecule has 19 heavy (non-hydrogen) atoms. The van der Waals surface area contributed by atoms with E-state index in [1.165, 1.54) is 0 Å². The molecule has 0 saturated heterocycles. The normalized spacial score (nSPS) is 10.3. The molecule has 1 aromatic carbocycles. The molecule has 0 unspecified atom stereocenters. The van der Waals surface area contributed by atoms with Crippen molar-refractivity contribution in [3.05, 3.63) is 64.2 Å². The summed E-state index contributed by atoms with van der Waals surface area (Å²) in [4.78, 5) is 25.6. The highest BCUT2D eigenvalue weighted by Gasteiger charge is 2.12. The molecule has 0 atom stereocenters. The number of anilines is 1. The minimum absolute atomic E-state index is 0.311. The fourth-order valence-electron chi connectivity index (χ4n) is 2.06. The van der Waals surface area contributed by atoms with Gasteiger partial charge in [0, 0.05) is 13.1 Å². The molecule has 2 N–H and O–H groups in total. The summed E-state index contributed by atoms with van der Waals surface area (Å²) < 4.78 is 0. The molecular formula is C14H15N3O2. The number of nitrogens with one attached hydrogen (secondary N) is 2. The predicted octanol–water partition coefficient (Wildman–Crippen LogP) is 1.39. The summed E-state index contributed by atoms with van der Waals surface area (Å²) >= 11 is 0. The number of H-pyrrole nitrogens is 2. The Morgan fingerprint density at radius 1 is 1.05 bits per heavy atom. The summed E-state index contributed by atoms with van der Waals surface area (Å²) in [5, 5.41) is 5.43. The van der Waals surface area contributed by atoms with Gasteiger partial charge in [-0.15, -0.1) is 13.2 Å². The largest absolute Gasteiger partial charge is 0.363 e. The van der Waals surface area contributed by atoms with Crippen LogP contribution in [0.25, 0.3) is 10.8 Å². The third-order valence-corrected chi connectivity index (χ3v) is 2.84. The Morgan fingerprint density at radius 3 is 2.32 bits per heavy atom. The van der Waals surface area contributed by atoms with E-state index in [-0.39, 0.29) is 11.1 Å². The second kappa shape index (κ2) is 5.39. The summed E-state index contributed by atoms with van der Waals surface area (Å²) in [5.74, 6) is 0. The Kier molecular flexibility index (Phi) is 3.66. The number of nitrogens with zero attached hydrogens (tertiary/aromatic N) is 1. The summed E-state index contributed by atoms with van der Waals surface area (Å²) in [7, 11) is 0. The van der Waals surface area contributed by atoms with Gasteiger partial charge in [0.05, 0.1) is 16.5 Å². The Balaban J connectivity index is 2.75. The second-order valence-corrected chi connectivity index (χ2v) is 4.09. The molecule has 0 aliphatic rings. The zero-order valence-corrected chi connectivity index (χ0v) is 10.5. The van der Waals surface area contributed by atoms with Gasteiger partial charge in [0.2, 0.25) is 0 Å². The van der Waals surface area contributed by atoms with Gasteiger partial charge in [0.15, 0.2) is 0 Å². The highest BCUT2D eigenvalue weighted by atomic mass is 16.1. The van der Waals surface area contributed by atoms with E-state index in [1.54, 1.807) is 24.3 Å². The predicted molar refractivity (Wildman–Crippen MR) is 77.8 cm³/mol. The third-order valence-electron chi connectivity index (χ3n) is 2.84. The number of rotatable bonds is 5. The molecule has 0 saturated carbocycles. The van der Waals surface area contributed by atoms with Crippen LogP contribution >= 0.6 is 0 Å². The number of aromatic nitrogens is 2. The Hall–Kier alpha value is -2.56. The molecule has 1 aromatic heterocycles. The lowest BCUT2D eigenvalue weighted by molar-refractivity contribution is 0.948. The van der Waals surface area contributed by atoms with Gasteiger partial charge in [-0.3, -0.25) is 19.8 Å². The van der Waals surface area contributed by atoms with E-state index in [0.717, 1.165) is 0 Å². The van der Waals surface area contributed by atoms with Crippen molar-refractivity contribution >= 4 is 16.5 Å². The van der Waals surface area contributed by atoms with Gasteiger partial charge in [-0.1, -0.05) is 18.2 Å². The van der Waals surface area contributed by atoms with E-state index in [0.29, 0.717) is 29.5 Å². The molecule has 98 valence electrons. The van der Waals surface area contributed by atoms with Crippen LogP contribution in [0.3, 0.4) is 0 Å². The highest BCUT2D eigenvalue weighted by Crippen LogP contribution is 2.21. The van der Waals surface area contributed by atoms with Crippen LogP contribution in [0, 0.1) is 0 Å². The molecule has 0 aliphatic heterocycles. The van der Waals surface area contributed by atoms with E-state index in [1.807, 2.05) is 11.0 Å². The number of hydrogen-bond donors (Lipinski definition) is 2. The van der Waals surface area contributed by atoms with Crippen molar-refractivity contribution in [2.24, 2.45) is 0 Å². The fraction of sp³-hybridized carbons (Fsp3) is 0.143. The van der Waals surface area contributed by atoms with Gasteiger partial charge in [0.1, 0.15) is 0 Å². The van der Waals surface area contributed by atoms with Gasteiger partial charge in [-0.05, 0) is 12.1 Å². The molecule has 0 radical (unpaired) electrons. The first-order valence-corrected chi connectivity index (χ1v) is 5.89. The minimum atomic E-state index is -0.316. The topological polar surface area (TPSA) is 69.0 Å². The van der Waals surface area contributed by atoms with Gasteiger partial charge >= 0.3 is 0 Å². The number of aromatic amines is 2. The van der Waals surface area contributed by atoms with Gasteiger partial charge in [0.25, 0.3) is 11.1 Å². The fourth-order valence-corrected chi connectivity index (χ4v) is 2.06. The number of hydrogen-bond acceptors (Lipinski definition) is 3. The average molecular weight is 257 g/mol. The van der Waals surface area contributed by atoms with Crippen LogP contribution in [0.4, 0.5) is 5.69 Å². The SMILES string of the molecule is C=CCN(CC=C)c1cccc2c(=O)[nH][nH]c(=O)c12. The molecule has 0 amide bonds. The van der Waals surface area contributed by atoms with E-state index in [4.69, 9.17) is 0 Å². The molecule has 0 bridgehead atoms. The zero-order valence-electron chi connectivity index (χ0n) is 10.5. The maximum atomic E-state index is 12.0. The van der Waals surface area contributed by atoms with Crippen LogP contribution in [-0.4, -0.2) is 23.3 Å². The number of benzene rings is 1. The van der Waals surface area contributed by atoms with Crippen LogP contribution in [0.2, 0.25) is 0 Å². The lowest BCUT2D eigenvalue weighted by atomic mass is 10.1. The van der Waals surface area contributed by atoms with Crippen LogP contribution in [0.5, 0.6) is 0 Å². The van der Waals surface area contributed by atoms with Crippen molar-refractivity contribution in [2.75, 3.05) is 18.0 Å². The molecule has 0 fully saturated rings. The highest BCUT2D eigenvalue weighted by molar-refractivity contribution is 5.93. The standard InChI is InChI=1S/C14H15N3O2/c1-3-8-17(9-4-2)11-7-5-6-10-12(11)14(19)16-15-13(10)18/h3-7H,1-2,8-9H2,(H,15,18)(H,16,19). The van der Waals surface area contributed by atoms with Crippen molar-refractivity contribution in [3.63, 3.8) is 0 Å². The Morgan fingerprint density at radius 2 is 1.68 bits per heavy atom. The van der Waals surface area contributed by atoms with E-state index >= 15 is 0 Å². The van der Waals surface area contributed by atoms with Crippen molar-refractivity contribution in [3.8, 4) is 0 Å². The van der Waals surface area contributed by atoms with Crippen molar-refractivity contribution in [1.29, 1.82) is 0 Å². The molecule has 2 rings (SSSR count). The first kappa shape index (κ1) is 12.9. The molecule has 0 spiro atoms. The molecule has 0 aliphatic carbocycles. The monoisotopic (exact) mass is 257 g/mol. The first-order valence-electron chi connectivity index (χ1n) is 5.89. The lowest BCUT2D eigenvalue weighted by Crippen LogP contribution is -2.27. The number of fused-ring (bicyclic) bond motifs is 1. The van der Waals surface area contributed by atoms with Gasteiger partial charge in [-0.2, -0.15) is 0 Å². The van der Waals surface area contributed by atoms with Crippen molar-refractivity contribution in [2.45, 2.75) is 0 Å². The first-order chi connectivity index (χ1) is 9.19. The molecule has 1 heterocycles. The summed E-state index contributed by atoms with van der Waals surface area (Å²) in [6.45, 7) is 8.53. The zero-order chi connectivity index (χ0) is 13.8. The lowest BCUT2D eigenvalue weighted by Gasteiger charge is -2.22. The van der Waals surface area contributed by atoms with E-state index < -0.39 is 0 Å². The van der Waals surface area contributed by atoms with Gasteiger partial charge in [-0.25, -0.2) is 0 Å². The summed E-state index contributed by atoms with van der Waals surface area (Å²) in [5.41, 5.74) is 0.0709. The second-order valence-electron chi connectivity index (χ2n) is 4.09. The molecular weight excluding hydrogens is 242 g/mol. The van der Waals surface area contributed by atoms with E-state index in [9.17, 15) is 9.59 Å². The van der Waals surface area contributed by atoms with Gasteiger partial charge < -0.3 is 4.90 Å². The maximum absolute atomic E-state index is 12.0. The quantitative estimate of drug-likeness (QED) is 0.795. The maximum Gasteiger partial charge on any atom is 0.272 e. The minimum Gasteiger partial charge on any atom is -0.363 e. The van der Waals surface area contributed by atoms with Crippen molar-refractivity contribution < 1.29 is 0 Å². The molecule has 2 aromatic rings. The summed E-state index contributed by atoms with van der Waals surface area (Å²) in [6.07, 6.45) is 3.48. The molecule has 5 nitrogen and oxygen atoms in total. The Labute approximate surface area is 109 Å². The Bertz CT molecular complexity index is 717. The van der Waals surface area contributed by atoms with Crippen LogP contribution in [-0.2, 0) is 0 Å². The average Bonchev–Trinajstić information content (AvgIpc) is 2.42. The smallest absolute Gasteiger partial charge is 0.272 e. The third kappa shape index (κ3) is 2.35. The molecule has 5 heteroatoms. The van der Waals surface area contributed by atoms with Crippen LogP contribution < -0.4 is 16.0 Å². The van der Waals surface area contributed by atoms with Crippen LogP contribution in [0.15, 0.2) is 53.1 Å².